The first kappa shape index (κ1) is 12.8. The van der Waals surface area contributed by atoms with Crippen molar-refractivity contribution in [2.45, 2.75) is 26.4 Å². The van der Waals surface area contributed by atoms with Gasteiger partial charge >= 0.3 is 0 Å². The number of rotatable bonds is 5. The van der Waals surface area contributed by atoms with E-state index in [4.69, 9.17) is 4.42 Å². The second-order valence-corrected chi connectivity index (χ2v) is 4.16. The topological polar surface area (TPSA) is 25.2 Å². The van der Waals surface area contributed by atoms with E-state index in [1.165, 1.54) is 12.1 Å². The predicted octanol–water partition coefficient (Wildman–Crippen LogP) is 3.82. The van der Waals surface area contributed by atoms with Gasteiger partial charge in [-0.15, -0.1) is 0 Å². The van der Waals surface area contributed by atoms with Gasteiger partial charge in [0.25, 0.3) is 6.43 Å². The van der Waals surface area contributed by atoms with Gasteiger partial charge in [0.05, 0.1) is 6.54 Å². The van der Waals surface area contributed by atoms with Crippen LogP contribution in [-0.2, 0) is 13.1 Å². The molecule has 0 bridgehead atoms. The molecular formula is C14H15F2NO. The van der Waals surface area contributed by atoms with Crippen molar-refractivity contribution in [3.8, 4) is 0 Å². The Balaban J connectivity index is 1.88. The number of furan rings is 1. The quantitative estimate of drug-likeness (QED) is 0.874. The van der Waals surface area contributed by atoms with Gasteiger partial charge in [-0.3, -0.25) is 0 Å². The number of halogens is 2. The summed E-state index contributed by atoms with van der Waals surface area (Å²) in [7, 11) is 0. The van der Waals surface area contributed by atoms with Crippen LogP contribution >= 0.6 is 0 Å². The van der Waals surface area contributed by atoms with Crippen LogP contribution in [0.25, 0.3) is 0 Å². The lowest BCUT2D eigenvalue weighted by Gasteiger charge is -2.05. The van der Waals surface area contributed by atoms with E-state index in [0.717, 1.165) is 17.1 Å². The summed E-state index contributed by atoms with van der Waals surface area (Å²) in [6, 6.07) is 10.2. The summed E-state index contributed by atoms with van der Waals surface area (Å²) in [4.78, 5) is 0. The molecule has 0 fully saturated rings. The smallest absolute Gasteiger partial charge is 0.263 e. The molecule has 1 N–H and O–H groups in total. The van der Waals surface area contributed by atoms with Crippen molar-refractivity contribution in [1.82, 2.24) is 5.32 Å². The Morgan fingerprint density at radius 1 is 1.17 bits per heavy atom. The molecular weight excluding hydrogens is 236 g/mol. The Morgan fingerprint density at radius 3 is 2.67 bits per heavy atom. The molecule has 0 atom stereocenters. The lowest BCUT2D eigenvalue weighted by Crippen LogP contribution is -2.12. The Hall–Kier alpha value is -1.68. The minimum atomic E-state index is -2.42. The largest absolute Gasteiger partial charge is 0.465 e. The molecule has 0 saturated carbocycles. The first-order valence-electron chi connectivity index (χ1n) is 5.78. The Morgan fingerprint density at radius 2 is 2.00 bits per heavy atom. The van der Waals surface area contributed by atoms with Crippen LogP contribution in [0.1, 0.15) is 29.1 Å². The van der Waals surface area contributed by atoms with Gasteiger partial charge in [-0.25, -0.2) is 8.78 Å². The molecule has 4 heteroatoms. The fourth-order valence-corrected chi connectivity index (χ4v) is 1.75. The summed E-state index contributed by atoms with van der Waals surface area (Å²) in [5.74, 6) is 1.71. The number of hydrogen-bond donors (Lipinski definition) is 1. The molecule has 1 aromatic carbocycles. The van der Waals surface area contributed by atoms with E-state index in [2.05, 4.69) is 5.32 Å². The summed E-state index contributed by atoms with van der Waals surface area (Å²) in [6.45, 7) is 3.02. The van der Waals surface area contributed by atoms with Gasteiger partial charge in [0.1, 0.15) is 11.5 Å². The summed E-state index contributed by atoms with van der Waals surface area (Å²) in [6.07, 6.45) is -2.42. The average Bonchev–Trinajstić information content (AvgIpc) is 2.75. The normalized spacial score (nSPS) is 11.1. The molecule has 0 unspecified atom stereocenters. The zero-order chi connectivity index (χ0) is 13.0. The van der Waals surface area contributed by atoms with Crippen molar-refractivity contribution < 1.29 is 13.2 Å². The molecule has 2 aromatic rings. The van der Waals surface area contributed by atoms with E-state index in [-0.39, 0.29) is 5.56 Å². The molecule has 0 saturated heterocycles. The van der Waals surface area contributed by atoms with Crippen LogP contribution in [0.5, 0.6) is 0 Å². The molecule has 96 valence electrons. The monoisotopic (exact) mass is 251 g/mol. The molecule has 0 spiro atoms. The molecule has 1 heterocycles. The summed E-state index contributed by atoms with van der Waals surface area (Å²) in [5, 5.41) is 3.16. The summed E-state index contributed by atoms with van der Waals surface area (Å²) >= 11 is 0. The van der Waals surface area contributed by atoms with Gasteiger partial charge in [-0.05, 0) is 30.7 Å². The van der Waals surface area contributed by atoms with Crippen LogP contribution in [0, 0.1) is 6.92 Å². The Kier molecular flexibility index (Phi) is 4.10. The molecule has 0 aliphatic rings. The molecule has 2 rings (SSSR count). The zero-order valence-electron chi connectivity index (χ0n) is 10.1. The average molecular weight is 251 g/mol. The second kappa shape index (κ2) is 5.78. The first-order chi connectivity index (χ1) is 8.65. The van der Waals surface area contributed by atoms with Gasteiger partial charge in [0, 0.05) is 12.1 Å². The molecule has 0 aliphatic heterocycles. The first-order valence-corrected chi connectivity index (χ1v) is 5.78. The van der Waals surface area contributed by atoms with E-state index < -0.39 is 6.43 Å². The zero-order valence-corrected chi connectivity index (χ0v) is 10.1. The number of alkyl halides is 2. The Labute approximate surface area is 105 Å². The Bertz CT molecular complexity index is 508. The van der Waals surface area contributed by atoms with Crippen LogP contribution in [0.2, 0.25) is 0 Å². The SMILES string of the molecule is Cc1ccc(CNCc2cccc(C(F)F)c2)o1. The third-order valence-corrected chi connectivity index (χ3v) is 2.63. The van der Waals surface area contributed by atoms with E-state index in [0.29, 0.717) is 13.1 Å². The van der Waals surface area contributed by atoms with E-state index in [1.807, 2.05) is 25.1 Å². The fraction of sp³-hybridized carbons (Fsp3) is 0.286. The van der Waals surface area contributed by atoms with Gasteiger partial charge in [-0.1, -0.05) is 18.2 Å². The molecule has 0 radical (unpaired) electrons. The standard InChI is InChI=1S/C14H15F2NO/c1-10-5-6-13(18-10)9-17-8-11-3-2-4-12(7-11)14(15)16/h2-7,14,17H,8-9H2,1H3. The highest BCUT2D eigenvalue weighted by Gasteiger charge is 2.06. The van der Waals surface area contributed by atoms with Crippen molar-refractivity contribution in [1.29, 1.82) is 0 Å². The molecule has 0 aliphatic carbocycles. The molecule has 1 aromatic heterocycles. The summed E-state index contributed by atoms with van der Waals surface area (Å²) < 4.78 is 30.4. The fourth-order valence-electron chi connectivity index (χ4n) is 1.75. The number of nitrogens with one attached hydrogen (secondary N) is 1. The number of hydrogen-bond acceptors (Lipinski definition) is 2. The van der Waals surface area contributed by atoms with Gasteiger partial charge in [0.2, 0.25) is 0 Å². The van der Waals surface area contributed by atoms with Crippen LogP contribution in [-0.4, -0.2) is 0 Å². The van der Waals surface area contributed by atoms with E-state index in [1.54, 1.807) is 6.07 Å². The maximum absolute atomic E-state index is 12.5. The van der Waals surface area contributed by atoms with E-state index >= 15 is 0 Å². The molecule has 2 nitrogen and oxygen atoms in total. The second-order valence-electron chi connectivity index (χ2n) is 4.16. The van der Waals surface area contributed by atoms with Crippen molar-refractivity contribution in [3.05, 3.63) is 59.0 Å². The maximum Gasteiger partial charge on any atom is 0.263 e. The van der Waals surface area contributed by atoms with Crippen LogP contribution < -0.4 is 5.32 Å². The minimum Gasteiger partial charge on any atom is -0.465 e. The van der Waals surface area contributed by atoms with E-state index in [9.17, 15) is 8.78 Å². The minimum absolute atomic E-state index is 0.0585. The van der Waals surface area contributed by atoms with Crippen molar-refractivity contribution in [3.63, 3.8) is 0 Å². The lowest BCUT2D eigenvalue weighted by atomic mass is 10.1. The molecule has 18 heavy (non-hydrogen) atoms. The highest BCUT2D eigenvalue weighted by atomic mass is 19.3. The summed E-state index contributed by atoms with van der Waals surface area (Å²) in [5.41, 5.74) is 0.902. The van der Waals surface area contributed by atoms with Gasteiger partial charge in [0.15, 0.2) is 0 Å². The third kappa shape index (κ3) is 3.40. The van der Waals surface area contributed by atoms with Crippen molar-refractivity contribution in [2.75, 3.05) is 0 Å². The lowest BCUT2D eigenvalue weighted by molar-refractivity contribution is 0.151. The highest BCUT2D eigenvalue weighted by Crippen LogP contribution is 2.19. The molecule has 0 amide bonds. The van der Waals surface area contributed by atoms with Gasteiger partial charge < -0.3 is 9.73 Å². The van der Waals surface area contributed by atoms with Gasteiger partial charge in [-0.2, -0.15) is 0 Å². The predicted molar refractivity (Wildman–Crippen MR) is 65.4 cm³/mol. The maximum atomic E-state index is 12.5. The van der Waals surface area contributed by atoms with Crippen LogP contribution in [0.15, 0.2) is 40.8 Å². The number of aryl methyl sites for hydroxylation is 1. The van der Waals surface area contributed by atoms with Crippen molar-refractivity contribution >= 4 is 0 Å². The van der Waals surface area contributed by atoms with Crippen molar-refractivity contribution in [2.24, 2.45) is 0 Å². The van der Waals surface area contributed by atoms with Crippen LogP contribution in [0.3, 0.4) is 0 Å². The third-order valence-electron chi connectivity index (χ3n) is 2.63. The highest BCUT2D eigenvalue weighted by molar-refractivity contribution is 5.24. The van der Waals surface area contributed by atoms with Crippen LogP contribution in [0.4, 0.5) is 8.78 Å². The number of benzene rings is 1.